The Kier molecular flexibility index (Phi) is 6.52. The van der Waals surface area contributed by atoms with E-state index in [0.717, 1.165) is 19.3 Å². The van der Waals surface area contributed by atoms with E-state index < -0.39 is 5.41 Å². The highest BCUT2D eigenvalue weighted by molar-refractivity contribution is 4.87. The predicted octanol–water partition coefficient (Wildman–Crippen LogP) is -0.643. The molecule has 0 aliphatic heterocycles. The van der Waals surface area contributed by atoms with Crippen LogP contribution in [0.25, 0.3) is 0 Å². The molecule has 18 heavy (non-hydrogen) atoms. The van der Waals surface area contributed by atoms with Crippen molar-refractivity contribution < 1.29 is 25.5 Å². The maximum absolute atomic E-state index is 9.39. The molecule has 1 saturated carbocycles. The van der Waals surface area contributed by atoms with E-state index in [9.17, 15) is 25.5 Å². The third-order valence-corrected chi connectivity index (χ3v) is 4.44. The van der Waals surface area contributed by atoms with Gasteiger partial charge in [0.2, 0.25) is 0 Å². The zero-order valence-corrected chi connectivity index (χ0v) is 10.8. The first-order chi connectivity index (χ1) is 8.64. The van der Waals surface area contributed by atoms with Gasteiger partial charge in [-0.3, -0.25) is 0 Å². The highest BCUT2D eigenvalue weighted by Gasteiger charge is 2.37. The first-order valence-corrected chi connectivity index (χ1v) is 6.69. The van der Waals surface area contributed by atoms with E-state index in [4.69, 9.17) is 0 Å². The molecule has 3 atom stereocenters. The van der Waals surface area contributed by atoms with Crippen LogP contribution in [0, 0.1) is 23.2 Å². The Hall–Kier alpha value is -0.200. The second-order valence-corrected chi connectivity index (χ2v) is 5.74. The van der Waals surface area contributed by atoms with Gasteiger partial charge in [0.15, 0.2) is 0 Å². The van der Waals surface area contributed by atoms with Crippen LogP contribution in [-0.4, -0.2) is 58.6 Å². The molecule has 5 nitrogen and oxygen atoms in total. The third kappa shape index (κ3) is 3.65. The fraction of sp³-hybridized carbons (Fsp3) is 1.00. The Balaban J connectivity index is 2.70. The minimum Gasteiger partial charge on any atom is -0.396 e. The standard InChI is InChI=1S/C13H26O5/c14-5-10-1-2-11(6-15)12(3-10)4-13(7-16,8-17)9-18/h10-12,14-18H,1-9H2. The van der Waals surface area contributed by atoms with Crippen LogP contribution in [0.5, 0.6) is 0 Å². The number of aliphatic hydroxyl groups is 5. The highest BCUT2D eigenvalue weighted by Crippen LogP contribution is 2.40. The monoisotopic (exact) mass is 262 g/mol. The van der Waals surface area contributed by atoms with Crippen LogP contribution in [0.1, 0.15) is 25.7 Å². The fourth-order valence-corrected chi connectivity index (χ4v) is 2.98. The van der Waals surface area contributed by atoms with E-state index in [2.05, 4.69) is 0 Å². The zero-order valence-electron chi connectivity index (χ0n) is 10.8. The van der Waals surface area contributed by atoms with Crippen molar-refractivity contribution in [2.75, 3.05) is 33.0 Å². The van der Waals surface area contributed by atoms with Crippen molar-refractivity contribution in [3.05, 3.63) is 0 Å². The summed E-state index contributed by atoms with van der Waals surface area (Å²) >= 11 is 0. The fourth-order valence-electron chi connectivity index (χ4n) is 2.98. The average Bonchev–Trinajstić information content (AvgIpc) is 2.44. The van der Waals surface area contributed by atoms with Gasteiger partial charge in [-0.15, -0.1) is 0 Å². The molecule has 5 N–H and O–H groups in total. The smallest absolute Gasteiger partial charge is 0.0531 e. The molecule has 1 rings (SSSR count). The molecule has 3 unspecified atom stereocenters. The highest BCUT2D eigenvalue weighted by atomic mass is 16.3. The quantitative estimate of drug-likeness (QED) is 0.420. The summed E-state index contributed by atoms with van der Waals surface area (Å²) in [5.74, 6) is 0.496. The van der Waals surface area contributed by atoms with E-state index in [0.29, 0.717) is 6.42 Å². The molecular weight excluding hydrogens is 236 g/mol. The summed E-state index contributed by atoms with van der Waals surface area (Å²) in [5, 5.41) is 46.7. The maximum atomic E-state index is 9.39. The summed E-state index contributed by atoms with van der Waals surface area (Å²) in [6.45, 7) is -0.574. The summed E-state index contributed by atoms with van der Waals surface area (Å²) < 4.78 is 0. The van der Waals surface area contributed by atoms with Gasteiger partial charge in [0.25, 0.3) is 0 Å². The van der Waals surface area contributed by atoms with Crippen molar-refractivity contribution in [3.8, 4) is 0 Å². The lowest BCUT2D eigenvalue weighted by Gasteiger charge is -2.40. The normalized spacial score (nSPS) is 29.5. The molecule has 0 aromatic heterocycles. The Labute approximate surface area is 108 Å². The average molecular weight is 262 g/mol. The molecule has 0 amide bonds. The van der Waals surface area contributed by atoms with Gasteiger partial charge in [-0.05, 0) is 43.4 Å². The first-order valence-electron chi connectivity index (χ1n) is 6.69. The molecule has 0 radical (unpaired) electrons. The van der Waals surface area contributed by atoms with Crippen LogP contribution >= 0.6 is 0 Å². The second-order valence-electron chi connectivity index (χ2n) is 5.74. The molecule has 0 heterocycles. The van der Waals surface area contributed by atoms with Crippen LogP contribution in [0.2, 0.25) is 0 Å². The SMILES string of the molecule is OCC1CCC(CO)C(CC(CO)(CO)CO)C1. The zero-order chi connectivity index (χ0) is 13.6. The van der Waals surface area contributed by atoms with Crippen LogP contribution in [0.4, 0.5) is 0 Å². The predicted molar refractivity (Wildman–Crippen MR) is 66.8 cm³/mol. The topological polar surface area (TPSA) is 101 Å². The molecular formula is C13H26O5. The number of hydrogen-bond acceptors (Lipinski definition) is 5. The molecule has 0 saturated heterocycles. The van der Waals surface area contributed by atoms with Gasteiger partial charge in [-0.2, -0.15) is 0 Å². The number of hydrogen-bond donors (Lipinski definition) is 5. The number of aliphatic hydroxyl groups excluding tert-OH is 5. The molecule has 0 aromatic rings. The maximum Gasteiger partial charge on any atom is 0.0531 e. The summed E-state index contributed by atoms with van der Waals surface area (Å²) in [4.78, 5) is 0. The van der Waals surface area contributed by atoms with Crippen molar-refractivity contribution in [3.63, 3.8) is 0 Å². The van der Waals surface area contributed by atoms with Gasteiger partial charge in [0, 0.05) is 18.6 Å². The van der Waals surface area contributed by atoms with Crippen molar-refractivity contribution in [1.29, 1.82) is 0 Å². The first kappa shape index (κ1) is 15.9. The lowest BCUT2D eigenvalue weighted by Crippen LogP contribution is -2.40. The summed E-state index contributed by atoms with van der Waals surface area (Å²) in [7, 11) is 0. The Morgan fingerprint density at radius 3 is 1.83 bits per heavy atom. The molecule has 1 aliphatic rings. The lowest BCUT2D eigenvalue weighted by molar-refractivity contribution is -0.0348. The molecule has 0 aromatic carbocycles. The van der Waals surface area contributed by atoms with E-state index >= 15 is 0 Å². The van der Waals surface area contributed by atoms with E-state index in [1.54, 1.807) is 0 Å². The van der Waals surface area contributed by atoms with Gasteiger partial charge in [0.1, 0.15) is 0 Å². The van der Waals surface area contributed by atoms with Gasteiger partial charge in [-0.25, -0.2) is 0 Å². The molecule has 1 aliphatic carbocycles. The van der Waals surface area contributed by atoms with Crippen LogP contribution in [0.3, 0.4) is 0 Å². The van der Waals surface area contributed by atoms with Gasteiger partial charge < -0.3 is 25.5 Å². The van der Waals surface area contributed by atoms with Crippen LogP contribution in [-0.2, 0) is 0 Å². The largest absolute Gasteiger partial charge is 0.396 e. The lowest BCUT2D eigenvalue weighted by atomic mass is 9.68. The Bertz CT molecular complexity index is 221. The second kappa shape index (κ2) is 7.40. The van der Waals surface area contributed by atoms with Crippen LogP contribution < -0.4 is 0 Å². The number of rotatable bonds is 7. The summed E-state index contributed by atoms with van der Waals surface area (Å²) in [6.07, 6.45) is 3.02. The molecule has 5 heteroatoms. The molecule has 0 spiro atoms. The minimum absolute atomic E-state index is 0.0845. The van der Waals surface area contributed by atoms with Crippen molar-refractivity contribution in [2.45, 2.75) is 25.7 Å². The third-order valence-electron chi connectivity index (χ3n) is 4.44. The minimum atomic E-state index is -0.880. The van der Waals surface area contributed by atoms with Gasteiger partial charge in [0.05, 0.1) is 19.8 Å². The van der Waals surface area contributed by atoms with Gasteiger partial charge >= 0.3 is 0 Å². The van der Waals surface area contributed by atoms with Crippen LogP contribution in [0.15, 0.2) is 0 Å². The van der Waals surface area contributed by atoms with Gasteiger partial charge in [-0.1, -0.05) is 0 Å². The van der Waals surface area contributed by atoms with E-state index in [-0.39, 0.29) is 50.8 Å². The molecule has 1 fully saturated rings. The summed E-state index contributed by atoms with van der Waals surface area (Å²) in [6, 6.07) is 0. The van der Waals surface area contributed by atoms with E-state index in [1.807, 2.05) is 0 Å². The van der Waals surface area contributed by atoms with Crippen molar-refractivity contribution >= 4 is 0 Å². The van der Waals surface area contributed by atoms with E-state index in [1.165, 1.54) is 0 Å². The summed E-state index contributed by atoms with van der Waals surface area (Å²) in [5.41, 5.74) is -0.880. The van der Waals surface area contributed by atoms with Crippen molar-refractivity contribution in [2.24, 2.45) is 23.2 Å². The Morgan fingerprint density at radius 2 is 1.39 bits per heavy atom. The molecule has 0 bridgehead atoms. The Morgan fingerprint density at radius 1 is 0.778 bits per heavy atom. The molecule has 108 valence electrons. The van der Waals surface area contributed by atoms with Crippen molar-refractivity contribution in [1.82, 2.24) is 0 Å².